The number of Topliss-reactive ketones (excluding diaryl/α,β-unsaturated/α-hetero) is 1. The second-order valence-corrected chi connectivity index (χ2v) is 6.68. The van der Waals surface area contributed by atoms with Crippen molar-refractivity contribution in [1.82, 2.24) is 9.88 Å². The van der Waals surface area contributed by atoms with E-state index in [1.165, 1.54) is 4.90 Å². The minimum absolute atomic E-state index is 0.339. The van der Waals surface area contributed by atoms with Crippen molar-refractivity contribution < 1.29 is 14.3 Å². The van der Waals surface area contributed by atoms with Crippen LogP contribution < -0.4 is 14.5 Å². The van der Waals surface area contributed by atoms with Crippen molar-refractivity contribution in [2.45, 2.75) is 0 Å². The van der Waals surface area contributed by atoms with Crippen LogP contribution in [0, 0.1) is 11.3 Å². The summed E-state index contributed by atoms with van der Waals surface area (Å²) in [5.74, 6) is 0.299. The molecular formula is C20H19N5O3. The van der Waals surface area contributed by atoms with E-state index in [1.807, 2.05) is 0 Å². The first-order valence-corrected chi connectivity index (χ1v) is 8.99. The number of anilines is 2. The molecule has 1 fully saturated rings. The molecule has 8 nitrogen and oxygen atoms in total. The van der Waals surface area contributed by atoms with E-state index in [-0.39, 0.29) is 0 Å². The predicted octanol–water partition coefficient (Wildman–Crippen LogP) is 1.27. The number of benzene rings is 1. The zero-order chi connectivity index (χ0) is 19.7. The number of fused-ring (bicyclic) bond motifs is 1. The van der Waals surface area contributed by atoms with E-state index in [4.69, 9.17) is 4.74 Å². The Bertz CT molecular complexity index is 976. The highest BCUT2D eigenvalue weighted by Crippen LogP contribution is 2.32. The molecule has 0 radical (unpaired) electrons. The molecule has 1 amide bonds. The fraction of sp³-hybridized carbons (Fsp3) is 0.300. The molecule has 28 heavy (non-hydrogen) atoms. The van der Waals surface area contributed by atoms with Crippen LogP contribution in [0.2, 0.25) is 0 Å². The van der Waals surface area contributed by atoms with Gasteiger partial charge in [-0.1, -0.05) is 0 Å². The summed E-state index contributed by atoms with van der Waals surface area (Å²) in [5, 5.41) is 9.27. The number of ether oxygens (including phenoxy) is 1. The number of piperazine rings is 1. The zero-order valence-electron chi connectivity index (χ0n) is 15.5. The van der Waals surface area contributed by atoms with E-state index in [9.17, 15) is 14.9 Å². The van der Waals surface area contributed by atoms with E-state index in [0.29, 0.717) is 61.2 Å². The van der Waals surface area contributed by atoms with Crippen LogP contribution in [-0.2, 0) is 4.79 Å². The molecule has 0 bridgehead atoms. The molecule has 3 heterocycles. The second kappa shape index (κ2) is 7.29. The van der Waals surface area contributed by atoms with Gasteiger partial charge in [0.05, 0.1) is 30.6 Å². The lowest BCUT2D eigenvalue weighted by Gasteiger charge is -2.37. The maximum atomic E-state index is 12.5. The highest BCUT2D eigenvalue weighted by molar-refractivity contribution is 6.52. The minimum Gasteiger partial charge on any atom is -0.497 e. The molecule has 0 saturated carbocycles. The molecule has 0 aliphatic carbocycles. The number of nitrogens with zero attached hydrogens (tertiary/aromatic N) is 5. The van der Waals surface area contributed by atoms with Gasteiger partial charge in [-0.2, -0.15) is 5.26 Å². The Balaban J connectivity index is 1.47. The summed E-state index contributed by atoms with van der Waals surface area (Å²) in [6.07, 6.45) is 1.68. The maximum Gasteiger partial charge on any atom is 0.300 e. The molecule has 0 N–H and O–H groups in total. The van der Waals surface area contributed by atoms with E-state index in [0.717, 1.165) is 0 Å². The number of hydrogen-bond acceptors (Lipinski definition) is 7. The number of methoxy groups -OCH3 is 1. The lowest BCUT2D eigenvalue weighted by molar-refractivity contribution is -0.114. The number of pyridine rings is 1. The standard InChI is InChI=1S/C20H19N5O3/c1-28-15-4-5-16-17(11-15)25(20(27)18(16)26)13-23-7-9-24(10-8-23)19-14(12-21)3-2-6-22-19/h2-6,11H,7-10,13H2,1H3. The van der Waals surface area contributed by atoms with Crippen molar-refractivity contribution >= 4 is 23.2 Å². The number of carbonyl (C=O) groups is 2. The second-order valence-electron chi connectivity index (χ2n) is 6.68. The van der Waals surface area contributed by atoms with Gasteiger partial charge in [-0.15, -0.1) is 0 Å². The topological polar surface area (TPSA) is 89.8 Å². The average Bonchev–Trinajstić information content (AvgIpc) is 2.98. The van der Waals surface area contributed by atoms with Crippen molar-refractivity contribution in [2.24, 2.45) is 0 Å². The van der Waals surface area contributed by atoms with Crippen LogP contribution in [-0.4, -0.2) is 61.5 Å². The summed E-state index contributed by atoms with van der Waals surface area (Å²) >= 11 is 0. The third-order valence-corrected chi connectivity index (χ3v) is 5.10. The van der Waals surface area contributed by atoms with Gasteiger partial charge in [0.25, 0.3) is 5.78 Å². The Morgan fingerprint density at radius 1 is 1.18 bits per heavy atom. The fourth-order valence-electron chi connectivity index (χ4n) is 3.58. The average molecular weight is 377 g/mol. The quantitative estimate of drug-likeness (QED) is 0.741. The Hall–Kier alpha value is -3.44. The molecule has 0 unspecified atom stereocenters. The first-order valence-electron chi connectivity index (χ1n) is 8.99. The van der Waals surface area contributed by atoms with Crippen molar-refractivity contribution in [2.75, 3.05) is 49.8 Å². The number of rotatable bonds is 4. The monoisotopic (exact) mass is 377 g/mol. The summed E-state index contributed by atoms with van der Waals surface area (Å²) in [4.78, 5) is 34.7. The number of hydrogen-bond donors (Lipinski definition) is 0. The fourth-order valence-corrected chi connectivity index (χ4v) is 3.58. The smallest absolute Gasteiger partial charge is 0.300 e. The minimum atomic E-state index is -0.512. The third-order valence-electron chi connectivity index (χ3n) is 5.10. The Morgan fingerprint density at radius 3 is 2.68 bits per heavy atom. The molecule has 4 rings (SSSR count). The number of amides is 1. The van der Waals surface area contributed by atoms with Gasteiger partial charge in [0.2, 0.25) is 0 Å². The van der Waals surface area contributed by atoms with Crippen LogP contribution in [0.5, 0.6) is 5.75 Å². The Kier molecular flexibility index (Phi) is 4.67. The van der Waals surface area contributed by atoms with Crippen LogP contribution in [0.4, 0.5) is 11.5 Å². The number of ketones is 1. The van der Waals surface area contributed by atoms with Crippen molar-refractivity contribution in [3.63, 3.8) is 0 Å². The van der Waals surface area contributed by atoms with Gasteiger partial charge < -0.3 is 9.64 Å². The molecule has 1 saturated heterocycles. The molecule has 142 valence electrons. The van der Waals surface area contributed by atoms with Gasteiger partial charge in [0.1, 0.15) is 17.6 Å². The van der Waals surface area contributed by atoms with E-state index < -0.39 is 11.7 Å². The summed E-state index contributed by atoms with van der Waals surface area (Å²) in [7, 11) is 1.55. The lowest BCUT2D eigenvalue weighted by Crippen LogP contribution is -2.51. The Morgan fingerprint density at radius 2 is 1.96 bits per heavy atom. The molecular weight excluding hydrogens is 358 g/mol. The third kappa shape index (κ3) is 3.06. The largest absolute Gasteiger partial charge is 0.497 e. The summed E-state index contributed by atoms with van der Waals surface area (Å²) in [6.45, 7) is 3.10. The van der Waals surface area contributed by atoms with E-state index >= 15 is 0 Å². The predicted molar refractivity (Wildman–Crippen MR) is 102 cm³/mol. The highest BCUT2D eigenvalue weighted by Gasteiger charge is 2.37. The first-order chi connectivity index (χ1) is 13.6. The number of carbonyl (C=O) groups excluding carboxylic acids is 2. The molecule has 1 aromatic carbocycles. The SMILES string of the molecule is COc1ccc2c(c1)N(CN1CCN(c3ncccc3C#N)CC1)C(=O)C2=O. The molecule has 8 heteroatoms. The molecule has 0 atom stereocenters. The number of aromatic nitrogens is 1. The summed E-state index contributed by atoms with van der Waals surface area (Å²) < 4.78 is 5.23. The zero-order valence-corrected chi connectivity index (χ0v) is 15.5. The maximum absolute atomic E-state index is 12.5. The van der Waals surface area contributed by atoms with Crippen LogP contribution in [0.25, 0.3) is 0 Å². The van der Waals surface area contributed by atoms with Crippen LogP contribution >= 0.6 is 0 Å². The van der Waals surface area contributed by atoms with E-state index in [2.05, 4.69) is 20.9 Å². The van der Waals surface area contributed by atoms with Gasteiger partial charge >= 0.3 is 5.91 Å². The van der Waals surface area contributed by atoms with Crippen molar-refractivity contribution in [1.29, 1.82) is 5.26 Å². The van der Waals surface area contributed by atoms with E-state index in [1.54, 1.807) is 43.6 Å². The molecule has 2 aliphatic heterocycles. The van der Waals surface area contributed by atoms with Gasteiger partial charge in [-0.05, 0) is 24.3 Å². The van der Waals surface area contributed by atoms with Gasteiger partial charge in [-0.3, -0.25) is 19.4 Å². The lowest BCUT2D eigenvalue weighted by atomic mass is 10.1. The summed E-state index contributed by atoms with van der Waals surface area (Å²) in [5.41, 5.74) is 1.56. The molecule has 0 spiro atoms. The molecule has 1 aromatic heterocycles. The van der Waals surface area contributed by atoms with Crippen LogP contribution in [0.15, 0.2) is 36.5 Å². The summed E-state index contributed by atoms with van der Waals surface area (Å²) in [6, 6.07) is 10.7. The van der Waals surface area contributed by atoms with Gasteiger partial charge in [-0.25, -0.2) is 4.98 Å². The van der Waals surface area contributed by atoms with Crippen molar-refractivity contribution in [3.05, 3.63) is 47.7 Å². The van der Waals surface area contributed by atoms with Crippen LogP contribution in [0.1, 0.15) is 15.9 Å². The highest BCUT2D eigenvalue weighted by atomic mass is 16.5. The molecule has 2 aromatic rings. The Labute approximate surface area is 162 Å². The first kappa shape index (κ1) is 17.9. The van der Waals surface area contributed by atoms with Gasteiger partial charge in [0.15, 0.2) is 0 Å². The van der Waals surface area contributed by atoms with Crippen LogP contribution in [0.3, 0.4) is 0 Å². The normalized spacial score (nSPS) is 16.9. The number of nitriles is 1. The molecule has 2 aliphatic rings. The van der Waals surface area contributed by atoms with Gasteiger partial charge in [0, 0.05) is 38.4 Å². The van der Waals surface area contributed by atoms with Crippen molar-refractivity contribution in [3.8, 4) is 11.8 Å².